The van der Waals surface area contributed by atoms with Crippen LogP contribution < -0.4 is 11.2 Å². The molecule has 7 nitrogen and oxygen atoms in total. The van der Waals surface area contributed by atoms with E-state index in [1.165, 1.54) is 0 Å². The van der Waals surface area contributed by atoms with Gasteiger partial charge in [0.05, 0.1) is 10.7 Å². The zero-order chi connectivity index (χ0) is 20.7. The molecule has 1 unspecified atom stereocenters. The van der Waals surface area contributed by atoms with Crippen molar-refractivity contribution in [1.82, 2.24) is 9.13 Å². The molecule has 0 bridgehead atoms. The topological polar surface area (TPSA) is 90.5 Å². The van der Waals surface area contributed by atoms with Gasteiger partial charge in [-0.05, 0) is 12.1 Å². The third kappa shape index (κ3) is 3.74. The summed E-state index contributed by atoms with van der Waals surface area (Å²) in [5.41, 5.74) is -5.52. The van der Waals surface area contributed by atoms with E-state index in [1.54, 1.807) is 0 Å². The first-order chi connectivity index (χ1) is 12.4. The largest absolute Gasteiger partial charge is 0.479 e. The zero-order valence-electron chi connectivity index (χ0n) is 13.7. The Morgan fingerprint density at radius 1 is 1.26 bits per heavy atom. The molecule has 27 heavy (non-hydrogen) atoms. The third-order valence-electron chi connectivity index (χ3n) is 3.66. The van der Waals surface area contributed by atoms with Gasteiger partial charge in [-0.2, -0.15) is 13.2 Å². The van der Waals surface area contributed by atoms with E-state index in [-0.39, 0.29) is 25.8 Å². The highest BCUT2D eigenvalue weighted by atomic mass is 35.5. The highest BCUT2D eigenvalue weighted by Crippen LogP contribution is 2.30. The van der Waals surface area contributed by atoms with E-state index in [0.29, 0.717) is 6.07 Å². The Kier molecular flexibility index (Phi) is 5.47. The molecule has 0 radical (unpaired) electrons. The van der Waals surface area contributed by atoms with E-state index in [9.17, 15) is 31.9 Å². The van der Waals surface area contributed by atoms with Gasteiger partial charge in [0.1, 0.15) is 11.5 Å². The van der Waals surface area contributed by atoms with Gasteiger partial charge >= 0.3 is 17.8 Å². The molecular weight excluding hydrogens is 400 g/mol. The molecule has 0 saturated carbocycles. The minimum absolute atomic E-state index is 0.125. The van der Waals surface area contributed by atoms with Gasteiger partial charge in [-0.25, -0.2) is 18.5 Å². The molecule has 12 heteroatoms. The molecule has 146 valence electrons. The van der Waals surface area contributed by atoms with Crippen LogP contribution in [0, 0.1) is 5.82 Å². The van der Waals surface area contributed by atoms with Crippen LogP contribution in [0.2, 0.25) is 5.02 Å². The Morgan fingerprint density at radius 2 is 1.85 bits per heavy atom. The number of methoxy groups -OCH3 is 1. The second-order valence-corrected chi connectivity index (χ2v) is 5.73. The van der Waals surface area contributed by atoms with Crippen LogP contribution in [0.1, 0.15) is 17.4 Å². The molecule has 0 aliphatic heterocycles. The van der Waals surface area contributed by atoms with Gasteiger partial charge in [0, 0.05) is 25.8 Å². The van der Waals surface area contributed by atoms with Gasteiger partial charge in [0.25, 0.3) is 5.56 Å². The molecule has 2 rings (SSSR count). The molecule has 1 N–H and O–H groups in total. The van der Waals surface area contributed by atoms with Crippen LogP contribution in [-0.4, -0.2) is 27.3 Å². The van der Waals surface area contributed by atoms with Crippen LogP contribution in [0.3, 0.4) is 0 Å². The molecule has 1 aromatic heterocycles. The summed E-state index contributed by atoms with van der Waals surface area (Å²) in [7, 11) is 1.78. The maximum absolute atomic E-state index is 14.3. The average molecular weight is 411 g/mol. The van der Waals surface area contributed by atoms with E-state index < -0.39 is 46.7 Å². The standard InChI is InChI=1S/C15H11ClF4N2O5/c1-21-10(15(18,19)20)5-11(23)22(14(21)26)9-3-6(7(16)4-8(9)17)12(27-2)13(24)25/h3-5,12H,1-2H3,(H,24,25). The van der Waals surface area contributed by atoms with Gasteiger partial charge in [-0.15, -0.1) is 0 Å². The lowest BCUT2D eigenvalue weighted by Crippen LogP contribution is -2.41. The number of hydrogen-bond acceptors (Lipinski definition) is 4. The number of alkyl halides is 3. The molecule has 2 aromatic rings. The second-order valence-electron chi connectivity index (χ2n) is 5.32. The predicted octanol–water partition coefficient (Wildman–Crippen LogP) is 2.12. The minimum Gasteiger partial charge on any atom is -0.479 e. The van der Waals surface area contributed by atoms with Crippen LogP contribution in [-0.2, 0) is 22.8 Å². The zero-order valence-corrected chi connectivity index (χ0v) is 14.4. The van der Waals surface area contributed by atoms with Crippen molar-refractivity contribution in [2.75, 3.05) is 7.11 Å². The number of aromatic nitrogens is 2. The number of nitrogens with zero attached hydrogens (tertiary/aromatic N) is 2. The van der Waals surface area contributed by atoms with Crippen LogP contribution in [0.25, 0.3) is 5.69 Å². The first-order valence-corrected chi connectivity index (χ1v) is 7.43. The van der Waals surface area contributed by atoms with E-state index in [0.717, 1.165) is 20.2 Å². The fraction of sp³-hybridized carbons (Fsp3) is 0.267. The number of aliphatic carboxylic acids is 1. The van der Waals surface area contributed by atoms with Crippen molar-refractivity contribution < 1.29 is 32.2 Å². The fourth-order valence-corrected chi connectivity index (χ4v) is 2.66. The lowest BCUT2D eigenvalue weighted by Gasteiger charge is -2.17. The summed E-state index contributed by atoms with van der Waals surface area (Å²) in [6, 6.07) is 1.51. The quantitative estimate of drug-likeness (QED) is 0.780. The summed E-state index contributed by atoms with van der Waals surface area (Å²) < 4.78 is 58.0. The number of carboxylic acid groups (broad SMARTS) is 1. The molecular formula is C15H11ClF4N2O5. The Balaban J connectivity index is 2.84. The van der Waals surface area contributed by atoms with E-state index >= 15 is 0 Å². The Hall–Kier alpha value is -2.66. The minimum atomic E-state index is -4.99. The summed E-state index contributed by atoms with van der Waals surface area (Å²) in [6.45, 7) is 0. The summed E-state index contributed by atoms with van der Waals surface area (Å²) >= 11 is 5.80. The fourth-order valence-electron chi connectivity index (χ4n) is 2.41. The Bertz CT molecular complexity index is 1030. The first kappa shape index (κ1) is 20.6. The number of halogens is 5. The third-order valence-corrected chi connectivity index (χ3v) is 3.99. The number of rotatable bonds is 4. The second kappa shape index (κ2) is 7.16. The number of carbonyl (C=O) groups is 1. The maximum Gasteiger partial charge on any atom is 0.431 e. The van der Waals surface area contributed by atoms with E-state index in [2.05, 4.69) is 0 Å². The number of hydrogen-bond donors (Lipinski definition) is 1. The van der Waals surface area contributed by atoms with Crippen molar-refractivity contribution in [2.24, 2.45) is 7.05 Å². The number of ether oxygens (including phenoxy) is 1. The van der Waals surface area contributed by atoms with Crippen molar-refractivity contribution in [3.63, 3.8) is 0 Å². The maximum atomic E-state index is 14.3. The molecule has 0 aliphatic rings. The molecule has 0 amide bonds. The summed E-state index contributed by atoms with van der Waals surface area (Å²) in [5.74, 6) is -2.72. The van der Waals surface area contributed by atoms with Crippen molar-refractivity contribution in [3.05, 3.63) is 61.1 Å². The van der Waals surface area contributed by atoms with Gasteiger partial charge in [0.15, 0.2) is 6.10 Å². The number of benzene rings is 1. The summed E-state index contributed by atoms with van der Waals surface area (Å²) in [4.78, 5) is 35.6. The van der Waals surface area contributed by atoms with Gasteiger partial charge in [-0.3, -0.25) is 9.36 Å². The molecule has 1 atom stereocenters. The molecule has 1 aromatic carbocycles. The lowest BCUT2D eigenvalue weighted by molar-refractivity contribution is -0.149. The molecule has 0 spiro atoms. The lowest BCUT2D eigenvalue weighted by atomic mass is 10.1. The molecule has 0 saturated heterocycles. The van der Waals surface area contributed by atoms with Crippen molar-refractivity contribution in [1.29, 1.82) is 0 Å². The molecule has 0 aliphatic carbocycles. The van der Waals surface area contributed by atoms with Crippen LogP contribution in [0.5, 0.6) is 0 Å². The first-order valence-electron chi connectivity index (χ1n) is 7.05. The molecule has 1 heterocycles. The Morgan fingerprint density at radius 3 is 2.33 bits per heavy atom. The normalized spacial score (nSPS) is 12.9. The average Bonchev–Trinajstić information content (AvgIpc) is 2.53. The summed E-state index contributed by atoms with van der Waals surface area (Å²) in [6.07, 6.45) is -6.65. The SMILES string of the molecule is COC(C(=O)O)c1cc(-n2c(=O)cc(C(F)(F)F)n(C)c2=O)c(F)cc1Cl. The van der Waals surface area contributed by atoms with Gasteiger partial charge in [0.2, 0.25) is 0 Å². The monoisotopic (exact) mass is 410 g/mol. The predicted molar refractivity (Wildman–Crippen MR) is 84.6 cm³/mol. The van der Waals surface area contributed by atoms with Crippen molar-refractivity contribution in [3.8, 4) is 5.69 Å². The number of carboxylic acids is 1. The van der Waals surface area contributed by atoms with Gasteiger partial charge < -0.3 is 9.84 Å². The van der Waals surface area contributed by atoms with Gasteiger partial charge in [-0.1, -0.05) is 11.6 Å². The van der Waals surface area contributed by atoms with Crippen LogP contribution >= 0.6 is 11.6 Å². The smallest absolute Gasteiger partial charge is 0.431 e. The summed E-state index contributed by atoms with van der Waals surface area (Å²) in [5, 5.41) is 8.75. The highest BCUT2D eigenvalue weighted by molar-refractivity contribution is 6.31. The Labute approximate surface area is 153 Å². The van der Waals surface area contributed by atoms with E-state index in [4.69, 9.17) is 21.4 Å². The van der Waals surface area contributed by atoms with Crippen LogP contribution in [0.15, 0.2) is 27.8 Å². The van der Waals surface area contributed by atoms with Crippen molar-refractivity contribution in [2.45, 2.75) is 12.3 Å². The van der Waals surface area contributed by atoms with Crippen LogP contribution in [0.4, 0.5) is 17.6 Å². The molecule has 0 fully saturated rings. The van der Waals surface area contributed by atoms with E-state index in [1.807, 2.05) is 0 Å². The highest BCUT2D eigenvalue weighted by Gasteiger charge is 2.35. The van der Waals surface area contributed by atoms with Crippen molar-refractivity contribution >= 4 is 17.6 Å².